The minimum absolute atomic E-state index is 0. The molecule has 6 heterocycles. The van der Waals surface area contributed by atoms with Gasteiger partial charge in [-0.25, -0.2) is 9.78 Å². The van der Waals surface area contributed by atoms with Crippen LogP contribution in [-0.4, -0.2) is 91.3 Å². The molecule has 2 fully saturated rings. The Morgan fingerprint density at radius 2 is 1.92 bits per heavy atom. The van der Waals surface area contributed by atoms with Crippen LogP contribution in [0.4, 0.5) is 17.7 Å². The Morgan fingerprint density at radius 3 is 2.68 bits per heavy atom. The van der Waals surface area contributed by atoms with Crippen molar-refractivity contribution in [2.24, 2.45) is 5.92 Å². The zero-order valence-electron chi connectivity index (χ0n) is 20.7. The van der Waals surface area contributed by atoms with E-state index < -0.39 is 5.97 Å². The van der Waals surface area contributed by atoms with Gasteiger partial charge in [0.25, 0.3) is 5.78 Å². The highest BCUT2D eigenvalue weighted by molar-refractivity contribution is 5.93. The van der Waals surface area contributed by atoms with Gasteiger partial charge >= 0.3 is 5.97 Å². The molecule has 3 N–H and O–H groups in total. The smallest absolute Gasteiger partial charge is 0.339 e. The molecule has 1 atom stereocenters. The molecule has 4 aromatic rings. The fraction of sp³-hybridized carbons (Fsp3) is 0.417. The van der Waals surface area contributed by atoms with Crippen LogP contribution in [0.15, 0.2) is 41.1 Å². The molecule has 0 spiro atoms. The zero-order chi connectivity index (χ0) is 25.4. The molecule has 14 heteroatoms. The number of carboxylic acids is 1. The number of piperidine rings is 1. The average molecular weight is 541 g/mol. The first-order valence-corrected chi connectivity index (χ1v) is 12.4. The Labute approximate surface area is 224 Å². The van der Waals surface area contributed by atoms with Crippen molar-refractivity contribution in [1.82, 2.24) is 34.4 Å². The number of pyridine rings is 1. The van der Waals surface area contributed by atoms with E-state index in [-0.39, 0.29) is 23.9 Å². The van der Waals surface area contributed by atoms with Gasteiger partial charge in [-0.15, -0.1) is 17.5 Å². The Kier molecular flexibility index (Phi) is 7.29. The first kappa shape index (κ1) is 25.7. The summed E-state index contributed by atoms with van der Waals surface area (Å²) in [5.41, 5.74) is 6.45. The van der Waals surface area contributed by atoms with Gasteiger partial charge < -0.3 is 25.1 Å². The van der Waals surface area contributed by atoms with Crippen LogP contribution in [0.2, 0.25) is 0 Å². The Hall–Kier alpha value is -3.97. The molecule has 0 radical (unpaired) electrons. The Balaban J connectivity index is 0.00000294. The first-order valence-electron chi connectivity index (χ1n) is 12.4. The lowest BCUT2D eigenvalue weighted by molar-refractivity contribution is 0.0697. The second kappa shape index (κ2) is 10.8. The number of anilines is 3. The number of nitrogens with zero attached hydrogens (tertiary/aromatic N) is 9. The molecule has 4 aromatic heterocycles. The number of fused-ring (bicyclic) bond motifs is 1. The summed E-state index contributed by atoms with van der Waals surface area (Å²) >= 11 is 0. The van der Waals surface area contributed by atoms with Crippen LogP contribution in [-0.2, 0) is 0 Å². The van der Waals surface area contributed by atoms with Gasteiger partial charge in [0.1, 0.15) is 11.4 Å². The van der Waals surface area contributed by atoms with Crippen LogP contribution in [0.1, 0.15) is 23.2 Å². The van der Waals surface area contributed by atoms with Crippen molar-refractivity contribution in [2.45, 2.75) is 12.8 Å². The van der Waals surface area contributed by atoms with Gasteiger partial charge in [0.05, 0.1) is 6.26 Å². The quantitative estimate of drug-likeness (QED) is 0.367. The van der Waals surface area contributed by atoms with E-state index in [4.69, 9.17) is 10.2 Å². The zero-order valence-corrected chi connectivity index (χ0v) is 21.5. The highest BCUT2D eigenvalue weighted by Crippen LogP contribution is 2.25. The molecule has 2 saturated heterocycles. The van der Waals surface area contributed by atoms with Crippen molar-refractivity contribution in [3.05, 3.63) is 42.3 Å². The monoisotopic (exact) mass is 540 g/mol. The van der Waals surface area contributed by atoms with Crippen LogP contribution in [0.25, 0.3) is 17.4 Å². The van der Waals surface area contributed by atoms with E-state index in [9.17, 15) is 9.90 Å². The number of furan rings is 1. The van der Waals surface area contributed by atoms with E-state index in [1.165, 1.54) is 4.52 Å². The number of halogens is 1. The predicted octanol–water partition coefficient (Wildman–Crippen LogP) is 1.92. The van der Waals surface area contributed by atoms with Gasteiger partial charge in [-0.05, 0) is 43.0 Å². The van der Waals surface area contributed by atoms with Crippen LogP contribution >= 0.6 is 12.4 Å². The van der Waals surface area contributed by atoms with E-state index in [0.29, 0.717) is 35.0 Å². The van der Waals surface area contributed by atoms with Crippen molar-refractivity contribution in [3.8, 4) is 11.6 Å². The molecule has 0 aromatic carbocycles. The molecular formula is C24H29ClN10O3. The first-order chi connectivity index (χ1) is 18.0. The molecule has 0 saturated carbocycles. The summed E-state index contributed by atoms with van der Waals surface area (Å²) in [6.45, 7) is 5.86. The molecule has 200 valence electrons. The molecular weight excluding hydrogens is 512 g/mol. The van der Waals surface area contributed by atoms with Gasteiger partial charge in [-0.3, -0.25) is 4.90 Å². The number of nitrogens with two attached hydrogens (primary N) is 1. The lowest BCUT2D eigenvalue weighted by atomic mass is 9.97. The third-order valence-electron chi connectivity index (χ3n) is 6.97. The summed E-state index contributed by atoms with van der Waals surface area (Å²) in [6, 6.07) is 6.84. The van der Waals surface area contributed by atoms with Crippen molar-refractivity contribution in [2.75, 3.05) is 61.3 Å². The van der Waals surface area contributed by atoms with Gasteiger partial charge in [0.15, 0.2) is 5.76 Å². The van der Waals surface area contributed by atoms with Crippen molar-refractivity contribution >= 4 is 41.9 Å². The minimum Gasteiger partial charge on any atom is -0.478 e. The SMILES string of the molecule is Cl.Nc1nc(N2CCC[C@@H](CN3CCN(c4ncccc4C(=O)O)CC3)C2)nc2nc(-c3ccco3)nn12. The fourth-order valence-corrected chi connectivity index (χ4v) is 5.16. The van der Waals surface area contributed by atoms with Gasteiger partial charge in [-0.2, -0.15) is 19.5 Å². The third kappa shape index (κ3) is 5.07. The van der Waals surface area contributed by atoms with Gasteiger partial charge in [-0.1, -0.05) is 0 Å². The van der Waals surface area contributed by atoms with E-state index in [0.717, 1.165) is 58.7 Å². The van der Waals surface area contributed by atoms with Crippen molar-refractivity contribution < 1.29 is 14.3 Å². The number of hydrogen-bond acceptors (Lipinski definition) is 11. The topological polar surface area (TPSA) is 155 Å². The summed E-state index contributed by atoms with van der Waals surface area (Å²) in [7, 11) is 0. The van der Waals surface area contributed by atoms with E-state index in [1.807, 2.05) is 0 Å². The highest BCUT2D eigenvalue weighted by Gasteiger charge is 2.28. The number of rotatable bonds is 6. The average Bonchev–Trinajstić information content (AvgIpc) is 3.60. The summed E-state index contributed by atoms with van der Waals surface area (Å²) in [5.74, 6) is 2.22. The minimum atomic E-state index is -0.947. The number of carboxylic acid groups (broad SMARTS) is 1. The molecule has 0 amide bonds. The molecule has 0 unspecified atom stereocenters. The highest BCUT2D eigenvalue weighted by atomic mass is 35.5. The number of hydrogen-bond donors (Lipinski definition) is 2. The lowest BCUT2D eigenvalue weighted by Crippen LogP contribution is -2.50. The maximum atomic E-state index is 11.6. The van der Waals surface area contributed by atoms with E-state index in [2.05, 4.69) is 39.7 Å². The molecule has 0 bridgehead atoms. The number of aromatic nitrogens is 6. The van der Waals surface area contributed by atoms with Crippen molar-refractivity contribution in [3.63, 3.8) is 0 Å². The second-order valence-corrected chi connectivity index (χ2v) is 9.43. The van der Waals surface area contributed by atoms with Gasteiger partial charge in [0, 0.05) is 52.0 Å². The van der Waals surface area contributed by atoms with E-state index in [1.54, 1.807) is 36.7 Å². The summed E-state index contributed by atoms with van der Waals surface area (Å²) < 4.78 is 6.83. The van der Waals surface area contributed by atoms with Crippen molar-refractivity contribution in [1.29, 1.82) is 0 Å². The fourth-order valence-electron chi connectivity index (χ4n) is 5.16. The summed E-state index contributed by atoms with van der Waals surface area (Å²) in [4.78, 5) is 36.2. The maximum absolute atomic E-state index is 11.6. The summed E-state index contributed by atoms with van der Waals surface area (Å²) in [5, 5.41) is 13.9. The standard InChI is InChI=1S/C24H28N10O3.ClH/c25-22-28-23(29-24-27-19(30-34(22)24)18-6-3-13-37-18)33-8-2-4-16(15-33)14-31-9-11-32(12-10-31)20-17(21(35)36)5-1-7-26-20;/h1,3,5-7,13,16H,2,4,8-12,14-15H2,(H,35,36)(H2,25,27,28,29,30);1H/t16-;/m0./s1. The Bertz CT molecular complexity index is 1400. The number of nitrogen functional groups attached to an aromatic ring is 1. The molecule has 38 heavy (non-hydrogen) atoms. The van der Waals surface area contributed by atoms with E-state index >= 15 is 0 Å². The van der Waals surface area contributed by atoms with Gasteiger partial charge in [0.2, 0.25) is 17.7 Å². The second-order valence-electron chi connectivity index (χ2n) is 9.43. The summed E-state index contributed by atoms with van der Waals surface area (Å²) in [6.07, 6.45) is 5.39. The predicted molar refractivity (Wildman–Crippen MR) is 143 cm³/mol. The van der Waals surface area contributed by atoms with Crippen LogP contribution in [0.3, 0.4) is 0 Å². The molecule has 0 aliphatic carbocycles. The third-order valence-corrected chi connectivity index (χ3v) is 6.97. The normalized spacial score (nSPS) is 18.5. The number of piperazine rings is 1. The molecule has 2 aliphatic heterocycles. The van der Waals surface area contributed by atoms with Crippen LogP contribution in [0.5, 0.6) is 0 Å². The molecule has 6 rings (SSSR count). The number of aromatic carboxylic acids is 1. The van der Waals surface area contributed by atoms with Crippen LogP contribution in [0, 0.1) is 5.92 Å². The Morgan fingerprint density at radius 1 is 1.08 bits per heavy atom. The lowest BCUT2D eigenvalue weighted by Gasteiger charge is -2.39. The molecule has 13 nitrogen and oxygen atoms in total. The largest absolute Gasteiger partial charge is 0.478 e. The van der Waals surface area contributed by atoms with Crippen LogP contribution < -0.4 is 15.5 Å². The maximum Gasteiger partial charge on any atom is 0.339 e. The molecule has 2 aliphatic rings. The number of carbonyl (C=O) groups is 1.